The molecule has 9 heteroatoms. The van der Waals surface area contributed by atoms with E-state index in [-0.39, 0.29) is 11.9 Å². The lowest BCUT2D eigenvalue weighted by molar-refractivity contribution is -0.135. The van der Waals surface area contributed by atoms with Crippen LogP contribution in [0, 0.1) is 17.2 Å². The minimum atomic E-state index is 0.151. The summed E-state index contributed by atoms with van der Waals surface area (Å²) >= 11 is 0. The first kappa shape index (κ1) is 23.2. The molecule has 3 aliphatic rings. The van der Waals surface area contributed by atoms with Gasteiger partial charge in [-0.3, -0.25) is 4.79 Å². The Bertz CT molecular complexity index is 1150. The molecule has 1 amide bonds. The van der Waals surface area contributed by atoms with E-state index in [2.05, 4.69) is 33.1 Å². The number of piperazine rings is 1. The van der Waals surface area contributed by atoms with Crippen LogP contribution in [0.2, 0.25) is 0 Å². The van der Waals surface area contributed by atoms with E-state index < -0.39 is 0 Å². The predicted octanol–water partition coefficient (Wildman–Crippen LogP) is 3.47. The summed E-state index contributed by atoms with van der Waals surface area (Å²) in [6.45, 7) is 6.23. The normalized spacial score (nSPS) is 19.8. The van der Waals surface area contributed by atoms with Gasteiger partial charge < -0.3 is 19.9 Å². The Balaban J connectivity index is 1.42. The van der Waals surface area contributed by atoms with Crippen molar-refractivity contribution in [3.05, 3.63) is 41.7 Å². The maximum Gasteiger partial charge on any atom is 0.225 e. The summed E-state index contributed by atoms with van der Waals surface area (Å²) in [4.78, 5) is 22.1. The molecule has 0 bridgehead atoms. The van der Waals surface area contributed by atoms with E-state index in [4.69, 9.17) is 9.72 Å². The summed E-state index contributed by atoms with van der Waals surface area (Å²) in [5.41, 5.74) is 3.16. The molecule has 2 aromatic heterocycles. The quantitative estimate of drug-likeness (QED) is 0.590. The Morgan fingerprint density at radius 1 is 1.31 bits per heavy atom. The number of amides is 1. The van der Waals surface area contributed by atoms with Gasteiger partial charge in [0, 0.05) is 32.7 Å². The summed E-state index contributed by atoms with van der Waals surface area (Å²) in [6.07, 6.45) is 8.23. The van der Waals surface area contributed by atoms with Crippen molar-refractivity contribution in [1.82, 2.24) is 20.1 Å². The first-order valence-corrected chi connectivity index (χ1v) is 12.3. The third-order valence-electron chi connectivity index (χ3n) is 7.02. The minimum absolute atomic E-state index is 0.151. The number of hydrogen-bond acceptors (Lipinski definition) is 8. The molecule has 0 radical (unpaired) electrons. The van der Waals surface area contributed by atoms with E-state index in [0.29, 0.717) is 55.9 Å². The number of ether oxygens (including phenoxy) is 1. The van der Waals surface area contributed by atoms with Crippen molar-refractivity contribution in [2.75, 3.05) is 43.6 Å². The molecule has 9 nitrogen and oxygen atoms in total. The van der Waals surface area contributed by atoms with Crippen molar-refractivity contribution >= 4 is 29.3 Å². The van der Waals surface area contributed by atoms with Crippen LogP contribution in [0.3, 0.4) is 0 Å². The van der Waals surface area contributed by atoms with Crippen LogP contribution in [0.4, 0.5) is 17.3 Å². The topological polar surface area (TPSA) is 107 Å². The summed E-state index contributed by atoms with van der Waals surface area (Å²) in [7, 11) is 1.62. The Labute approximate surface area is 205 Å². The Hall–Kier alpha value is -3.51. The zero-order valence-electron chi connectivity index (χ0n) is 20.1. The molecular formula is C26H31N7O2. The van der Waals surface area contributed by atoms with Gasteiger partial charge in [-0.25, -0.2) is 4.98 Å². The Morgan fingerprint density at radius 2 is 2.14 bits per heavy atom. The molecule has 1 saturated heterocycles. The molecule has 2 aromatic rings. The molecule has 0 aromatic carbocycles. The number of anilines is 3. The van der Waals surface area contributed by atoms with Crippen LogP contribution in [0.25, 0.3) is 6.08 Å². The minimum Gasteiger partial charge on any atom is -0.384 e. The van der Waals surface area contributed by atoms with E-state index >= 15 is 0 Å². The first-order chi connectivity index (χ1) is 17.1. The lowest BCUT2D eigenvalue weighted by Gasteiger charge is -2.42. The molecule has 1 unspecified atom stereocenters. The average Bonchev–Trinajstić information content (AvgIpc) is 3.80. The number of nitrogens with zero attached hydrogens (tertiary/aromatic N) is 6. The van der Waals surface area contributed by atoms with Gasteiger partial charge >= 0.3 is 0 Å². The molecule has 5 rings (SSSR count). The van der Waals surface area contributed by atoms with Crippen molar-refractivity contribution in [1.29, 1.82) is 5.26 Å². The zero-order chi connectivity index (χ0) is 24.4. The molecule has 182 valence electrons. The van der Waals surface area contributed by atoms with Crippen molar-refractivity contribution in [2.45, 2.75) is 44.1 Å². The molecule has 35 heavy (non-hydrogen) atoms. The highest BCUT2D eigenvalue weighted by Gasteiger charge is 2.41. The number of pyridine rings is 1. The summed E-state index contributed by atoms with van der Waals surface area (Å²) in [5, 5.41) is 21.6. The maximum absolute atomic E-state index is 12.8. The summed E-state index contributed by atoms with van der Waals surface area (Å²) < 4.78 is 5.12. The van der Waals surface area contributed by atoms with Crippen molar-refractivity contribution in [3.8, 4) is 6.07 Å². The number of aromatic nitrogens is 3. The number of hydrogen-bond donors (Lipinski definition) is 1. The smallest absolute Gasteiger partial charge is 0.225 e. The molecule has 1 aliphatic heterocycles. The van der Waals surface area contributed by atoms with Gasteiger partial charge in [-0.1, -0.05) is 12.7 Å². The summed E-state index contributed by atoms with van der Waals surface area (Å²) in [5.74, 6) is 2.36. The molecule has 1 N–H and O–H groups in total. The van der Waals surface area contributed by atoms with Crippen LogP contribution in [-0.2, 0) is 9.53 Å². The second-order valence-corrected chi connectivity index (χ2v) is 9.56. The second-order valence-electron chi connectivity index (χ2n) is 9.56. The van der Waals surface area contributed by atoms with Gasteiger partial charge in [-0.15, -0.1) is 5.10 Å². The third-order valence-corrected chi connectivity index (χ3v) is 7.02. The molecule has 1 atom stereocenters. The molecule has 2 saturated carbocycles. The van der Waals surface area contributed by atoms with Gasteiger partial charge in [0.25, 0.3) is 0 Å². The second kappa shape index (κ2) is 10.0. The highest BCUT2D eigenvalue weighted by atomic mass is 16.5. The molecule has 0 spiro atoms. The first-order valence-electron chi connectivity index (χ1n) is 12.3. The number of rotatable bonds is 9. The van der Waals surface area contributed by atoms with Gasteiger partial charge in [0.1, 0.15) is 11.9 Å². The number of methoxy groups -OCH3 is 1. The number of nitriles is 1. The van der Waals surface area contributed by atoms with Gasteiger partial charge in [-0.05, 0) is 49.3 Å². The van der Waals surface area contributed by atoms with Crippen molar-refractivity contribution in [2.24, 2.45) is 5.92 Å². The van der Waals surface area contributed by atoms with Gasteiger partial charge in [0.2, 0.25) is 5.91 Å². The highest BCUT2D eigenvalue weighted by molar-refractivity contribution is 5.77. The fourth-order valence-electron chi connectivity index (χ4n) is 4.83. The Morgan fingerprint density at radius 3 is 2.83 bits per heavy atom. The van der Waals surface area contributed by atoms with Crippen molar-refractivity contribution in [3.63, 3.8) is 0 Å². The summed E-state index contributed by atoms with van der Waals surface area (Å²) in [6, 6.07) is 6.27. The van der Waals surface area contributed by atoms with E-state index in [1.165, 1.54) is 0 Å². The molecule has 3 heterocycles. The largest absolute Gasteiger partial charge is 0.384 e. The molecule has 2 aliphatic carbocycles. The van der Waals surface area contributed by atoms with Crippen LogP contribution >= 0.6 is 0 Å². The van der Waals surface area contributed by atoms with Crippen LogP contribution in [0.5, 0.6) is 0 Å². The van der Waals surface area contributed by atoms with E-state index in [0.717, 1.165) is 48.4 Å². The maximum atomic E-state index is 12.8. The van der Waals surface area contributed by atoms with Crippen molar-refractivity contribution < 1.29 is 9.53 Å². The molecule has 3 fully saturated rings. The van der Waals surface area contributed by atoms with Crippen LogP contribution in [0.1, 0.15) is 54.8 Å². The zero-order valence-corrected chi connectivity index (χ0v) is 20.1. The third kappa shape index (κ3) is 5.13. The van der Waals surface area contributed by atoms with Crippen LogP contribution < -0.4 is 10.2 Å². The van der Waals surface area contributed by atoms with E-state index in [1.807, 2.05) is 17.0 Å². The highest BCUT2D eigenvalue weighted by Crippen LogP contribution is 2.45. The fraction of sp³-hybridized carbons (Fsp3) is 0.500. The molecular weight excluding hydrogens is 442 g/mol. The monoisotopic (exact) mass is 473 g/mol. The predicted molar refractivity (Wildman–Crippen MR) is 133 cm³/mol. The van der Waals surface area contributed by atoms with Gasteiger partial charge in [-0.2, -0.15) is 10.4 Å². The van der Waals surface area contributed by atoms with Gasteiger partial charge in [0.05, 0.1) is 42.2 Å². The van der Waals surface area contributed by atoms with E-state index in [9.17, 15) is 10.1 Å². The standard InChI is InChI=1S/C26H31N7O2/c1-3-17-12-23(31-28-15-17)29-21-13-20(14-27)26(30-25(21)19-6-7-19)32-9-10-33(24(34)8-11-35-2)22(16-32)18-4-5-18/h3,12-13,15,18-19,22H,1,4-11,16H2,2H3,(H,29,31). The number of carbonyl (C=O) groups excluding carboxylic acids is 1. The lowest BCUT2D eigenvalue weighted by atomic mass is 10.0. The Kier molecular flexibility index (Phi) is 6.64. The van der Waals surface area contributed by atoms with Crippen LogP contribution in [-0.4, -0.2) is 65.4 Å². The lowest BCUT2D eigenvalue weighted by Crippen LogP contribution is -2.56. The van der Waals surface area contributed by atoms with Gasteiger partial charge in [0.15, 0.2) is 5.82 Å². The van der Waals surface area contributed by atoms with Crippen LogP contribution in [0.15, 0.2) is 24.9 Å². The number of nitrogens with one attached hydrogen (secondary N) is 1. The number of carbonyl (C=O) groups is 1. The fourth-order valence-corrected chi connectivity index (χ4v) is 4.83. The van der Waals surface area contributed by atoms with E-state index in [1.54, 1.807) is 19.4 Å². The SMILES string of the molecule is C=Cc1cnnc(Nc2cc(C#N)c(N3CCN(C(=O)CCOC)C(C4CC4)C3)nc2C2CC2)c1. The average molecular weight is 474 g/mol.